The first-order valence-corrected chi connectivity index (χ1v) is 8.07. The van der Waals surface area contributed by atoms with Crippen LogP contribution in [0.2, 0.25) is 0 Å². The fourth-order valence-corrected chi connectivity index (χ4v) is 2.76. The van der Waals surface area contributed by atoms with Gasteiger partial charge in [-0.2, -0.15) is 0 Å². The van der Waals surface area contributed by atoms with Crippen molar-refractivity contribution in [2.75, 3.05) is 7.11 Å². The van der Waals surface area contributed by atoms with Gasteiger partial charge >= 0.3 is 0 Å². The fourth-order valence-electron chi connectivity index (χ4n) is 2.16. The number of furan rings is 1. The molecule has 0 unspecified atom stereocenters. The van der Waals surface area contributed by atoms with Gasteiger partial charge in [-0.05, 0) is 31.2 Å². The molecule has 1 amide bonds. The Morgan fingerprint density at radius 2 is 2.21 bits per heavy atom. The number of rotatable bonds is 5. The van der Waals surface area contributed by atoms with E-state index < -0.39 is 11.7 Å². The molecule has 2 aromatic heterocycles. The molecule has 0 fully saturated rings. The minimum atomic E-state index is -0.634. The Hall–Kier alpha value is -2.67. The van der Waals surface area contributed by atoms with E-state index in [0.29, 0.717) is 17.3 Å². The van der Waals surface area contributed by atoms with Crippen molar-refractivity contribution in [1.29, 1.82) is 0 Å². The molecule has 0 aliphatic heterocycles. The second-order valence-electron chi connectivity index (χ2n) is 5.05. The van der Waals surface area contributed by atoms with Gasteiger partial charge in [0.15, 0.2) is 5.76 Å². The molecule has 3 aromatic rings. The average Bonchev–Trinajstić information content (AvgIpc) is 3.21. The van der Waals surface area contributed by atoms with Crippen LogP contribution >= 0.6 is 11.3 Å². The molecule has 3 rings (SSSR count). The highest BCUT2D eigenvalue weighted by Crippen LogP contribution is 2.24. The molecule has 0 aliphatic carbocycles. The third-order valence-electron chi connectivity index (χ3n) is 3.38. The van der Waals surface area contributed by atoms with Crippen LogP contribution in [-0.4, -0.2) is 18.0 Å². The number of hydrogen-bond donors (Lipinski definition) is 1. The van der Waals surface area contributed by atoms with Gasteiger partial charge in [0.2, 0.25) is 0 Å². The number of aromatic nitrogens is 1. The second kappa shape index (κ2) is 6.84. The summed E-state index contributed by atoms with van der Waals surface area (Å²) in [6, 6.07) is 7.64. The number of carbonyl (C=O) groups excluding carboxylic acids is 1. The first-order valence-electron chi connectivity index (χ1n) is 7.20. The van der Waals surface area contributed by atoms with Crippen molar-refractivity contribution >= 4 is 17.2 Å². The molecule has 1 aromatic carbocycles. The number of methoxy groups -OCH3 is 1. The van der Waals surface area contributed by atoms with Gasteiger partial charge in [-0.25, -0.2) is 9.37 Å². The first-order chi connectivity index (χ1) is 11.6. The van der Waals surface area contributed by atoms with E-state index in [1.165, 1.54) is 36.6 Å². The average molecular weight is 346 g/mol. The second-order valence-corrected chi connectivity index (χ2v) is 6.11. The SMILES string of the molecule is COc1ccc(C(=O)NCc2ccc(-c3csc(C)n3)o2)c(F)c1. The standard InChI is InChI=1S/C17H15FN2O3S/c1-10-20-15(9-24-10)16-6-4-12(23-16)8-19-17(21)13-5-3-11(22-2)7-14(13)18/h3-7,9H,8H2,1-2H3,(H,19,21). The Labute approximate surface area is 142 Å². The Kier molecular flexibility index (Phi) is 4.61. The van der Waals surface area contributed by atoms with E-state index in [1.54, 1.807) is 12.1 Å². The number of carbonyl (C=O) groups is 1. The van der Waals surface area contributed by atoms with E-state index in [1.807, 2.05) is 12.3 Å². The molecule has 0 saturated carbocycles. The molecule has 0 aliphatic rings. The molecule has 0 bridgehead atoms. The van der Waals surface area contributed by atoms with E-state index in [4.69, 9.17) is 9.15 Å². The van der Waals surface area contributed by atoms with Crippen molar-refractivity contribution in [3.05, 3.63) is 57.9 Å². The third kappa shape index (κ3) is 3.46. The Morgan fingerprint density at radius 1 is 1.38 bits per heavy atom. The summed E-state index contributed by atoms with van der Waals surface area (Å²) in [6.07, 6.45) is 0. The van der Waals surface area contributed by atoms with Crippen LogP contribution in [0.15, 0.2) is 40.1 Å². The molecule has 24 heavy (non-hydrogen) atoms. The molecule has 0 saturated heterocycles. The van der Waals surface area contributed by atoms with Crippen molar-refractivity contribution in [2.45, 2.75) is 13.5 Å². The highest BCUT2D eigenvalue weighted by molar-refractivity contribution is 7.09. The summed E-state index contributed by atoms with van der Waals surface area (Å²) in [6.45, 7) is 2.08. The maximum Gasteiger partial charge on any atom is 0.254 e. The quantitative estimate of drug-likeness (QED) is 0.763. The zero-order chi connectivity index (χ0) is 17.1. The Bertz CT molecular complexity index is 872. The summed E-state index contributed by atoms with van der Waals surface area (Å²) >= 11 is 1.54. The van der Waals surface area contributed by atoms with Gasteiger partial charge < -0.3 is 14.5 Å². The number of nitrogens with zero attached hydrogens (tertiary/aromatic N) is 1. The van der Waals surface area contributed by atoms with Crippen molar-refractivity contribution < 1.29 is 18.3 Å². The molecule has 1 N–H and O–H groups in total. The molecule has 0 spiro atoms. The largest absolute Gasteiger partial charge is 0.497 e. The van der Waals surface area contributed by atoms with Crippen molar-refractivity contribution in [1.82, 2.24) is 10.3 Å². The molecular weight excluding hydrogens is 331 g/mol. The molecule has 2 heterocycles. The lowest BCUT2D eigenvalue weighted by atomic mass is 10.2. The lowest BCUT2D eigenvalue weighted by Crippen LogP contribution is -2.23. The number of thiazole rings is 1. The van der Waals surface area contributed by atoms with Crippen LogP contribution in [0.5, 0.6) is 5.75 Å². The predicted octanol–water partition coefficient (Wildman–Crippen LogP) is 3.79. The topological polar surface area (TPSA) is 64.4 Å². The molecule has 0 atom stereocenters. The third-order valence-corrected chi connectivity index (χ3v) is 4.15. The zero-order valence-corrected chi connectivity index (χ0v) is 13.9. The number of aryl methyl sites for hydroxylation is 1. The first kappa shape index (κ1) is 16.2. The van der Waals surface area contributed by atoms with Crippen molar-refractivity contribution in [3.8, 4) is 17.2 Å². The van der Waals surface area contributed by atoms with E-state index >= 15 is 0 Å². The van der Waals surface area contributed by atoms with Gasteiger partial charge in [-0.1, -0.05) is 0 Å². The summed E-state index contributed by atoms with van der Waals surface area (Å²) in [7, 11) is 1.44. The van der Waals surface area contributed by atoms with Crippen LogP contribution in [0.25, 0.3) is 11.5 Å². The van der Waals surface area contributed by atoms with Gasteiger partial charge in [0, 0.05) is 11.4 Å². The molecule has 0 radical (unpaired) electrons. The normalized spacial score (nSPS) is 10.6. The number of amides is 1. The Morgan fingerprint density at radius 3 is 2.88 bits per heavy atom. The molecular formula is C17H15FN2O3S. The lowest BCUT2D eigenvalue weighted by molar-refractivity contribution is 0.0944. The van der Waals surface area contributed by atoms with E-state index in [-0.39, 0.29) is 12.1 Å². The van der Waals surface area contributed by atoms with E-state index in [2.05, 4.69) is 10.3 Å². The number of hydrogen-bond acceptors (Lipinski definition) is 5. The van der Waals surface area contributed by atoms with E-state index in [0.717, 1.165) is 10.7 Å². The van der Waals surface area contributed by atoms with Gasteiger partial charge in [0.05, 0.1) is 24.2 Å². The van der Waals surface area contributed by atoms with Gasteiger partial charge in [-0.15, -0.1) is 11.3 Å². The minimum absolute atomic E-state index is 0.0438. The van der Waals surface area contributed by atoms with Crippen molar-refractivity contribution in [3.63, 3.8) is 0 Å². The summed E-state index contributed by atoms with van der Waals surface area (Å²) < 4.78 is 24.4. The Balaban J connectivity index is 1.65. The van der Waals surface area contributed by atoms with Gasteiger partial charge in [0.1, 0.15) is 23.0 Å². The van der Waals surface area contributed by atoms with Crippen LogP contribution in [0.3, 0.4) is 0 Å². The molecule has 124 valence electrons. The van der Waals surface area contributed by atoms with Crippen LogP contribution in [0.4, 0.5) is 4.39 Å². The maximum atomic E-state index is 13.9. The van der Waals surface area contributed by atoms with Crippen LogP contribution in [0, 0.1) is 12.7 Å². The maximum absolute atomic E-state index is 13.9. The van der Waals surface area contributed by atoms with Crippen LogP contribution in [0.1, 0.15) is 21.1 Å². The number of nitrogens with one attached hydrogen (secondary N) is 1. The van der Waals surface area contributed by atoms with Crippen LogP contribution < -0.4 is 10.1 Å². The summed E-state index contributed by atoms with van der Waals surface area (Å²) in [5, 5.41) is 5.49. The zero-order valence-electron chi connectivity index (χ0n) is 13.1. The van der Waals surface area contributed by atoms with Crippen molar-refractivity contribution in [2.24, 2.45) is 0 Å². The van der Waals surface area contributed by atoms with E-state index in [9.17, 15) is 9.18 Å². The monoisotopic (exact) mass is 346 g/mol. The summed E-state index contributed by atoms with van der Waals surface area (Å²) in [5.74, 6) is 0.415. The van der Waals surface area contributed by atoms with Gasteiger partial charge in [-0.3, -0.25) is 4.79 Å². The predicted molar refractivity (Wildman–Crippen MR) is 88.7 cm³/mol. The molecule has 7 heteroatoms. The number of benzene rings is 1. The van der Waals surface area contributed by atoms with Crippen LogP contribution in [-0.2, 0) is 6.54 Å². The smallest absolute Gasteiger partial charge is 0.254 e. The highest BCUT2D eigenvalue weighted by atomic mass is 32.1. The fraction of sp³-hybridized carbons (Fsp3) is 0.176. The summed E-state index contributed by atoms with van der Waals surface area (Å²) in [5.41, 5.74) is 0.717. The lowest BCUT2D eigenvalue weighted by Gasteiger charge is -2.06. The molecule has 5 nitrogen and oxygen atoms in total. The summed E-state index contributed by atoms with van der Waals surface area (Å²) in [4.78, 5) is 16.4. The highest BCUT2D eigenvalue weighted by Gasteiger charge is 2.14. The minimum Gasteiger partial charge on any atom is -0.497 e. The van der Waals surface area contributed by atoms with Gasteiger partial charge in [0.25, 0.3) is 5.91 Å². The number of halogens is 1. The number of ether oxygens (including phenoxy) is 1.